The van der Waals surface area contributed by atoms with Crippen LogP contribution < -0.4 is 18.9 Å². The van der Waals surface area contributed by atoms with Crippen molar-refractivity contribution in [2.45, 2.75) is 129 Å². The van der Waals surface area contributed by atoms with E-state index in [1.54, 1.807) is 0 Å². The van der Waals surface area contributed by atoms with E-state index in [2.05, 4.69) is 13.8 Å². The lowest BCUT2D eigenvalue weighted by Crippen LogP contribution is -2.15. The highest BCUT2D eigenvalue weighted by Crippen LogP contribution is 2.34. The van der Waals surface area contributed by atoms with Crippen LogP contribution in [0.1, 0.15) is 140 Å². The van der Waals surface area contributed by atoms with E-state index in [9.17, 15) is 10.2 Å². The summed E-state index contributed by atoms with van der Waals surface area (Å²) in [7, 11) is 0. The van der Waals surface area contributed by atoms with Crippen molar-refractivity contribution in [3.63, 3.8) is 0 Å². The maximum absolute atomic E-state index is 10.9. The fourth-order valence-electron chi connectivity index (χ4n) is 5.90. The van der Waals surface area contributed by atoms with Gasteiger partial charge in [0.15, 0.2) is 23.0 Å². The molecular weight excluding hydrogens is 608 g/mol. The molecule has 8 heteroatoms. The monoisotopic (exact) mass is 672 g/mol. The van der Waals surface area contributed by atoms with Crippen LogP contribution >= 0.6 is 0 Å². The molecule has 0 saturated heterocycles. The molecule has 2 atom stereocenters. The number of aliphatic hydroxyl groups is 2. The van der Waals surface area contributed by atoms with E-state index in [0.717, 1.165) is 49.7 Å². The summed E-state index contributed by atoms with van der Waals surface area (Å²) in [5, 5.41) is 21.7. The van der Waals surface area contributed by atoms with Crippen LogP contribution in [0.15, 0.2) is 36.4 Å². The van der Waals surface area contributed by atoms with Crippen molar-refractivity contribution < 1.29 is 38.6 Å². The Morgan fingerprint density at radius 2 is 0.771 bits per heavy atom. The van der Waals surface area contributed by atoms with E-state index in [0.29, 0.717) is 75.9 Å². The molecule has 8 nitrogen and oxygen atoms in total. The SMILES string of the molecule is CCCCCCCCC[C@@H](O)c1ccc2c(c1)OCCOCCOc1ccc([C@@H](O)CCCCCCCCC)cc1OCCOCCO2. The predicted molar refractivity (Wildman–Crippen MR) is 192 cm³/mol. The molecule has 2 aromatic carbocycles. The molecule has 0 unspecified atom stereocenters. The lowest BCUT2D eigenvalue weighted by Gasteiger charge is -2.18. The normalized spacial score (nSPS) is 16.1. The van der Waals surface area contributed by atoms with Crippen molar-refractivity contribution in [2.24, 2.45) is 0 Å². The van der Waals surface area contributed by atoms with Gasteiger partial charge in [-0.1, -0.05) is 116 Å². The topological polar surface area (TPSA) is 95.8 Å². The van der Waals surface area contributed by atoms with E-state index in [1.165, 1.54) is 64.2 Å². The average Bonchev–Trinajstić information content (AvgIpc) is 3.10. The van der Waals surface area contributed by atoms with Crippen molar-refractivity contribution in [1.82, 2.24) is 0 Å². The summed E-state index contributed by atoms with van der Waals surface area (Å²) >= 11 is 0. The zero-order chi connectivity index (χ0) is 34.1. The molecule has 0 bridgehead atoms. The maximum Gasteiger partial charge on any atom is 0.161 e. The van der Waals surface area contributed by atoms with E-state index < -0.39 is 12.2 Å². The minimum absolute atomic E-state index is 0.337. The van der Waals surface area contributed by atoms with Gasteiger partial charge < -0.3 is 38.6 Å². The van der Waals surface area contributed by atoms with Gasteiger partial charge in [-0.15, -0.1) is 0 Å². The zero-order valence-electron chi connectivity index (χ0n) is 29.9. The average molecular weight is 673 g/mol. The van der Waals surface area contributed by atoms with Crippen LogP contribution in [0, 0.1) is 0 Å². The molecule has 1 heterocycles. The highest BCUT2D eigenvalue weighted by atomic mass is 16.6. The molecular formula is C40H64O8. The highest BCUT2D eigenvalue weighted by molar-refractivity contribution is 5.44. The fraction of sp³-hybridized carbons (Fsp3) is 0.700. The van der Waals surface area contributed by atoms with Gasteiger partial charge in [0.05, 0.1) is 38.6 Å². The van der Waals surface area contributed by atoms with Crippen LogP contribution in [-0.4, -0.2) is 63.1 Å². The third kappa shape index (κ3) is 16.3. The second kappa shape index (κ2) is 25.5. The lowest BCUT2D eigenvalue weighted by molar-refractivity contribution is 0.0637. The third-order valence-corrected chi connectivity index (χ3v) is 8.81. The Balaban J connectivity index is 1.49. The van der Waals surface area contributed by atoms with Crippen LogP contribution in [0.2, 0.25) is 0 Å². The van der Waals surface area contributed by atoms with Crippen molar-refractivity contribution in [2.75, 3.05) is 52.9 Å². The number of hydrogen-bond acceptors (Lipinski definition) is 8. The standard InChI is InChI=1S/C40H64O8/c1-3-5-7-9-11-13-15-17-35(41)33-19-21-37-39(31-33)47-29-25-43-24-28-46-38-22-20-34(32-40(38)48-30-26-44-23-27-45-37)36(42)18-16-14-12-10-8-6-4-2/h19-22,31-32,35-36,41-42H,3-18,23-30H2,1-2H3/t35-,36+. The quantitative estimate of drug-likeness (QED) is 0.151. The van der Waals surface area contributed by atoms with Gasteiger partial charge >= 0.3 is 0 Å². The van der Waals surface area contributed by atoms with Gasteiger partial charge in [0.2, 0.25) is 0 Å². The molecule has 0 amide bonds. The predicted octanol–water partition coefficient (Wildman–Crippen LogP) is 9.30. The second-order valence-electron chi connectivity index (χ2n) is 12.9. The van der Waals surface area contributed by atoms with Crippen molar-refractivity contribution >= 4 is 0 Å². The summed E-state index contributed by atoms with van der Waals surface area (Å²) in [6.45, 7) is 7.37. The van der Waals surface area contributed by atoms with Crippen LogP contribution in [-0.2, 0) is 9.47 Å². The van der Waals surface area contributed by atoms with Crippen LogP contribution in [0.4, 0.5) is 0 Å². The Morgan fingerprint density at radius 3 is 1.15 bits per heavy atom. The molecule has 272 valence electrons. The molecule has 1 aliphatic rings. The summed E-state index contributed by atoms with van der Waals surface area (Å²) in [6.07, 6.45) is 17.4. The summed E-state index contributed by atoms with van der Waals surface area (Å²) < 4.78 is 35.8. The first-order valence-electron chi connectivity index (χ1n) is 18.9. The first-order valence-corrected chi connectivity index (χ1v) is 18.9. The molecule has 1 aliphatic heterocycles. The molecule has 48 heavy (non-hydrogen) atoms. The Morgan fingerprint density at radius 1 is 0.438 bits per heavy atom. The Bertz CT molecular complexity index is 1010. The number of rotatable bonds is 18. The molecule has 0 radical (unpaired) electrons. The number of hydrogen-bond donors (Lipinski definition) is 2. The lowest BCUT2D eigenvalue weighted by atomic mass is 10.0. The number of aliphatic hydroxyl groups excluding tert-OH is 2. The van der Waals surface area contributed by atoms with E-state index in [-0.39, 0.29) is 0 Å². The van der Waals surface area contributed by atoms with Gasteiger partial charge in [0.1, 0.15) is 26.4 Å². The highest BCUT2D eigenvalue weighted by Gasteiger charge is 2.15. The van der Waals surface area contributed by atoms with E-state index >= 15 is 0 Å². The Hall–Kier alpha value is -2.52. The summed E-state index contributed by atoms with van der Waals surface area (Å²) in [6, 6.07) is 11.3. The molecule has 0 aromatic heterocycles. The molecule has 0 aliphatic carbocycles. The number of unbranched alkanes of at least 4 members (excludes halogenated alkanes) is 12. The van der Waals surface area contributed by atoms with Gasteiger partial charge in [-0.2, -0.15) is 0 Å². The smallest absolute Gasteiger partial charge is 0.161 e. The van der Waals surface area contributed by atoms with Gasteiger partial charge in [0.25, 0.3) is 0 Å². The third-order valence-electron chi connectivity index (χ3n) is 8.81. The Labute approximate surface area is 290 Å². The van der Waals surface area contributed by atoms with Gasteiger partial charge in [-0.05, 0) is 48.2 Å². The first-order chi connectivity index (χ1) is 23.6. The van der Waals surface area contributed by atoms with Crippen molar-refractivity contribution in [3.8, 4) is 23.0 Å². The molecule has 3 rings (SSSR count). The molecule has 0 saturated carbocycles. The molecule has 2 N–H and O–H groups in total. The van der Waals surface area contributed by atoms with Crippen molar-refractivity contribution in [3.05, 3.63) is 47.5 Å². The molecule has 0 spiro atoms. The molecule has 2 aromatic rings. The van der Waals surface area contributed by atoms with Gasteiger partial charge in [-0.25, -0.2) is 0 Å². The van der Waals surface area contributed by atoms with Crippen LogP contribution in [0.25, 0.3) is 0 Å². The minimum atomic E-state index is -0.536. The fourth-order valence-corrected chi connectivity index (χ4v) is 5.90. The number of ether oxygens (including phenoxy) is 6. The first kappa shape index (κ1) is 39.9. The van der Waals surface area contributed by atoms with E-state index in [1.807, 2.05) is 36.4 Å². The van der Waals surface area contributed by atoms with Crippen LogP contribution in [0.3, 0.4) is 0 Å². The van der Waals surface area contributed by atoms with Gasteiger partial charge in [-0.3, -0.25) is 0 Å². The summed E-state index contributed by atoms with van der Waals surface area (Å²) in [4.78, 5) is 0. The minimum Gasteiger partial charge on any atom is -0.487 e. The zero-order valence-corrected chi connectivity index (χ0v) is 29.9. The summed E-state index contributed by atoms with van der Waals surface area (Å²) in [5.41, 5.74) is 1.67. The second-order valence-corrected chi connectivity index (χ2v) is 12.9. The Kier molecular flexibility index (Phi) is 21.2. The number of benzene rings is 2. The largest absolute Gasteiger partial charge is 0.487 e. The molecule has 0 fully saturated rings. The summed E-state index contributed by atoms with van der Waals surface area (Å²) in [5.74, 6) is 2.41. The van der Waals surface area contributed by atoms with Crippen molar-refractivity contribution in [1.29, 1.82) is 0 Å². The van der Waals surface area contributed by atoms with E-state index in [4.69, 9.17) is 28.4 Å². The maximum atomic E-state index is 10.9. The van der Waals surface area contributed by atoms with Gasteiger partial charge in [0, 0.05) is 0 Å². The van der Waals surface area contributed by atoms with Crippen LogP contribution in [0.5, 0.6) is 23.0 Å². The number of fused-ring (bicyclic) bond motifs is 2.